The minimum Gasteiger partial charge on any atom is -0.496 e. The number of nitriles is 1. The summed E-state index contributed by atoms with van der Waals surface area (Å²) in [4.78, 5) is 31.6. The normalized spacial score (nSPS) is 14.9. The minimum absolute atomic E-state index is 0.122. The van der Waals surface area contributed by atoms with E-state index in [0.29, 0.717) is 48.4 Å². The first-order valence-electron chi connectivity index (χ1n) is 10.9. The molecule has 4 rings (SSSR count). The zero-order valence-corrected chi connectivity index (χ0v) is 22.0. The van der Waals surface area contributed by atoms with E-state index in [9.17, 15) is 9.59 Å². The average molecular weight is 540 g/mol. The van der Waals surface area contributed by atoms with Crippen LogP contribution in [0.5, 0.6) is 17.2 Å². The molecule has 37 heavy (non-hydrogen) atoms. The van der Waals surface area contributed by atoms with Crippen LogP contribution in [0.1, 0.15) is 24.1 Å². The highest BCUT2D eigenvalue weighted by Gasteiger charge is 2.35. The molecule has 0 aliphatic carbocycles. The summed E-state index contributed by atoms with van der Waals surface area (Å²) in [6.07, 6.45) is 1.70. The molecule has 1 aromatic heterocycles. The van der Waals surface area contributed by atoms with E-state index in [2.05, 4.69) is 4.99 Å². The van der Waals surface area contributed by atoms with Gasteiger partial charge in [-0.2, -0.15) is 5.26 Å². The van der Waals surface area contributed by atoms with E-state index in [1.807, 2.05) is 6.07 Å². The molecule has 2 aromatic carbocycles. The van der Waals surface area contributed by atoms with Crippen molar-refractivity contribution in [3.8, 4) is 23.3 Å². The van der Waals surface area contributed by atoms with Gasteiger partial charge in [-0.25, -0.2) is 9.79 Å². The molecular weight excluding hydrogens is 518 g/mol. The molecule has 0 radical (unpaired) electrons. The van der Waals surface area contributed by atoms with Crippen molar-refractivity contribution in [3.63, 3.8) is 0 Å². The van der Waals surface area contributed by atoms with Crippen LogP contribution in [0.4, 0.5) is 0 Å². The minimum atomic E-state index is -0.865. The zero-order chi connectivity index (χ0) is 26.7. The number of methoxy groups -OCH3 is 3. The van der Waals surface area contributed by atoms with Crippen LogP contribution in [0, 0.1) is 11.3 Å². The smallest absolute Gasteiger partial charge is 0.338 e. The molecule has 0 spiro atoms. The van der Waals surface area contributed by atoms with E-state index in [0.717, 1.165) is 0 Å². The number of thiazole rings is 1. The quantitative estimate of drug-likeness (QED) is 0.424. The van der Waals surface area contributed by atoms with Gasteiger partial charge in [-0.3, -0.25) is 9.36 Å². The summed E-state index contributed by atoms with van der Waals surface area (Å²) in [5.74, 6) is 0.675. The summed E-state index contributed by atoms with van der Waals surface area (Å²) in [6, 6.07) is 11.2. The number of esters is 1. The van der Waals surface area contributed by atoms with E-state index in [-0.39, 0.29) is 17.7 Å². The Labute approximate surface area is 221 Å². The van der Waals surface area contributed by atoms with Crippen molar-refractivity contribution in [2.24, 2.45) is 4.99 Å². The third kappa shape index (κ3) is 4.96. The molecule has 9 nitrogen and oxygen atoms in total. The Kier molecular flexibility index (Phi) is 7.66. The lowest BCUT2D eigenvalue weighted by Crippen LogP contribution is -2.40. The molecule has 3 aromatic rings. The molecule has 190 valence electrons. The molecule has 1 atom stereocenters. The Balaban J connectivity index is 1.93. The molecule has 1 aliphatic rings. The molecule has 0 amide bonds. The third-order valence-electron chi connectivity index (χ3n) is 5.69. The Morgan fingerprint density at radius 1 is 1.16 bits per heavy atom. The second-order valence-electron chi connectivity index (χ2n) is 7.82. The van der Waals surface area contributed by atoms with Gasteiger partial charge in [-0.15, -0.1) is 0 Å². The van der Waals surface area contributed by atoms with E-state index < -0.39 is 12.0 Å². The highest BCUT2D eigenvalue weighted by atomic mass is 35.5. The number of nitrogens with zero attached hydrogens (tertiary/aromatic N) is 3. The lowest BCUT2D eigenvalue weighted by molar-refractivity contribution is -0.136. The number of hydrogen-bond donors (Lipinski definition) is 0. The van der Waals surface area contributed by atoms with E-state index >= 15 is 0 Å². The second kappa shape index (κ2) is 10.9. The lowest BCUT2D eigenvalue weighted by atomic mass is 9.95. The molecule has 1 aliphatic heterocycles. The summed E-state index contributed by atoms with van der Waals surface area (Å²) >= 11 is 7.48. The Morgan fingerprint density at radius 3 is 2.57 bits per heavy atom. The summed E-state index contributed by atoms with van der Waals surface area (Å²) in [5.41, 5.74) is 1.48. The first kappa shape index (κ1) is 26.0. The number of aromatic nitrogens is 1. The SMILES string of the molecule is COC(=O)C1=C(C)N=c2s/c(=C\c3ccc(OCC#N)c(OC)c3)c(=O)n2[C@H]1c1cc(Cl)ccc1OC. The predicted molar refractivity (Wildman–Crippen MR) is 138 cm³/mol. The molecular formula is C26H22ClN3O6S. The van der Waals surface area contributed by atoms with Crippen molar-refractivity contribution >= 4 is 35.0 Å². The molecule has 0 saturated heterocycles. The predicted octanol–water partition coefficient (Wildman–Crippen LogP) is 2.98. The molecule has 0 saturated carbocycles. The monoisotopic (exact) mass is 539 g/mol. The highest BCUT2D eigenvalue weighted by molar-refractivity contribution is 7.07. The second-order valence-corrected chi connectivity index (χ2v) is 9.26. The molecule has 11 heteroatoms. The van der Waals surface area contributed by atoms with Gasteiger partial charge in [0.05, 0.1) is 37.1 Å². The number of rotatable bonds is 7. The van der Waals surface area contributed by atoms with Crippen molar-refractivity contribution in [1.82, 2.24) is 4.57 Å². The molecule has 0 bridgehead atoms. The van der Waals surface area contributed by atoms with Gasteiger partial charge in [-0.05, 0) is 48.9 Å². The molecule has 0 fully saturated rings. The van der Waals surface area contributed by atoms with E-state index in [1.54, 1.807) is 49.4 Å². The maximum atomic E-state index is 13.8. The number of fused-ring (bicyclic) bond motifs is 1. The van der Waals surface area contributed by atoms with Crippen LogP contribution >= 0.6 is 22.9 Å². The third-order valence-corrected chi connectivity index (χ3v) is 6.91. The fraction of sp³-hybridized carbons (Fsp3) is 0.231. The van der Waals surface area contributed by atoms with Gasteiger partial charge < -0.3 is 18.9 Å². The van der Waals surface area contributed by atoms with Crippen LogP contribution in [-0.4, -0.2) is 38.5 Å². The Hall–Kier alpha value is -4.07. The van der Waals surface area contributed by atoms with Crippen molar-refractivity contribution in [3.05, 3.63) is 83.5 Å². The summed E-state index contributed by atoms with van der Waals surface area (Å²) in [5, 5.41) is 9.20. The zero-order valence-electron chi connectivity index (χ0n) is 20.4. The summed E-state index contributed by atoms with van der Waals surface area (Å²) < 4.78 is 23.2. The van der Waals surface area contributed by atoms with Crippen LogP contribution in [0.3, 0.4) is 0 Å². The number of ether oxygens (including phenoxy) is 4. The van der Waals surface area contributed by atoms with Gasteiger partial charge >= 0.3 is 5.97 Å². The van der Waals surface area contributed by atoms with Crippen LogP contribution in [0.15, 0.2) is 57.5 Å². The average Bonchev–Trinajstić information content (AvgIpc) is 3.20. The van der Waals surface area contributed by atoms with Gasteiger partial charge in [0, 0.05) is 10.6 Å². The van der Waals surface area contributed by atoms with Crippen molar-refractivity contribution < 1.29 is 23.7 Å². The summed E-state index contributed by atoms with van der Waals surface area (Å²) in [7, 11) is 4.27. The maximum Gasteiger partial charge on any atom is 0.338 e. The van der Waals surface area contributed by atoms with Crippen LogP contribution in [0.25, 0.3) is 6.08 Å². The Bertz CT molecular complexity index is 1630. The van der Waals surface area contributed by atoms with Gasteiger partial charge in [0.25, 0.3) is 5.56 Å². The Morgan fingerprint density at radius 2 is 1.89 bits per heavy atom. The van der Waals surface area contributed by atoms with Crippen molar-refractivity contribution in [2.45, 2.75) is 13.0 Å². The summed E-state index contributed by atoms with van der Waals surface area (Å²) in [6.45, 7) is 1.57. The fourth-order valence-corrected chi connectivity index (χ4v) is 5.29. The first-order chi connectivity index (χ1) is 17.8. The molecule has 0 unspecified atom stereocenters. The van der Waals surface area contributed by atoms with Crippen LogP contribution in [-0.2, 0) is 9.53 Å². The standard InChI is InChI=1S/C26H22ClN3O6S/c1-14-22(25(32)35-4)23(17-13-16(27)6-8-18(17)33-2)30-24(31)21(37-26(30)29-14)12-15-5-7-19(36-10-9-28)20(11-15)34-3/h5-8,11-13,23H,10H2,1-4H3/b21-12-/t23-/m0/s1. The number of benzene rings is 2. The number of hydrogen-bond acceptors (Lipinski definition) is 9. The van der Waals surface area contributed by atoms with Gasteiger partial charge in [0.15, 0.2) is 22.9 Å². The number of carbonyl (C=O) groups is 1. The van der Waals surface area contributed by atoms with Crippen LogP contribution in [0.2, 0.25) is 5.02 Å². The highest BCUT2D eigenvalue weighted by Crippen LogP contribution is 2.37. The fourth-order valence-electron chi connectivity index (χ4n) is 4.06. The van der Waals surface area contributed by atoms with Gasteiger partial charge in [0.2, 0.25) is 0 Å². The van der Waals surface area contributed by atoms with Crippen molar-refractivity contribution in [2.75, 3.05) is 27.9 Å². The molecule has 2 heterocycles. The maximum absolute atomic E-state index is 13.8. The van der Waals surface area contributed by atoms with E-state index in [4.69, 9.17) is 35.8 Å². The van der Waals surface area contributed by atoms with E-state index in [1.165, 1.54) is 37.2 Å². The topological polar surface area (TPSA) is 112 Å². The van der Waals surface area contributed by atoms with Gasteiger partial charge in [-0.1, -0.05) is 29.0 Å². The number of carbonyl (C=O) groups excluding carboxylic acids is 1. The van der Waals surface area contributed by atoms with Crippen molar-refractivity contribution in [1.29, 1.82) is 5.26 Å². The van der Waals surface area contributed by atoms with Gasteiger partial charge in [0.1, 0.15) is 17.9 Å². The van der Waals surface area contributed by atoms with Crippen LogP contribution < -0.4 is 29.1 Å². The molecule has 0 N–H and O–H groups in total. The first-order valence-corrected chi connectivity index (χ1v) is 12.1. The lowest BCUT2D eigenvalue weighted by Gasteiger charge is -2.25. The number of halogens is 1. The number of allylic oxidation sites excluding steroid dienone is 1. The largest absolute Gasteiger partial charge is 0.496 e.